The Hall–Kier alpha value is -1.80. The van der Waals surface area contributed by atoms with Gasteiger partial charge in [0.2, 0.25) is 0 Å². The lowest BCUT2D eigenvalue weighted by Crippen LogP contribution is -2.26. The molecule has 116 valence electrons. The first kappa shape index (κ1) is 13.8. The van der Waals surface area contributed by atoms with Crippen LogP contribution in [0.4, 0.5) is 0 Å². The van der Waals surface area contributed by atoms with Gasteiger partial charge in [0.25, 0.3) is 0 Å². The first-order valence-electron chi connectivity index (χ1n) is 7.46. The van der Waals surface area contributed by atoms with E-state index in [-0.39, 0.29) is 11.8 Å². The molecule has 7 nitrogen and oxygen atoms in total. The van der Waals surface area contributed by atoms with Crippen molar-refractivity contribution >= 4 is 17.2 Å². The standard InChI is InChI=1S/C14H16N4O3S/c19-13(14-17-12(18-21-14)8-1-2-8)15-5-3-11-16-9-4-6-20-7-10(9)22-11/h8H,1-7H2,(H,15,19). The third kappa shape index (κ3) is 2.89. The zero-order chi connectivity index (χ0) is 14.9. The quantitative estimate of drug-likeness (QED) is 0.897. The summed E-state index contributed by atoms with van der Waals surface area (Å²) in [5.74, 6) is 0.768. The molecule has 0 aromatic carbocycles. The molecule has 3 heterocycles. The molecule has 2 aliphatic rings. The van der Waals surface area contributed by atoms with Crippen molar-refractivity contribution in [2.24, 2.45) is 0 Å². The largest absolute Gasteiger partial charge is 0.375 e. The van der Waals surface area contributed by atoms with Crippen molar-refractivity contribution in [3.05, 3.63) is 27.3 Å². The normalized spacial score (nSPS) is 17.3. The van der Waals surface area contributed by atoms with Crippen LogP contribution in [0.25, 0.3) is 0 Å². The summed E-state index contributed by atoms with van der Waals surface area (Å²) in [6, 6.07) is 0. The van der Waals surface area contributed by atoms with E-state index in [1.54, 1.807) is 11.3 Å². The fraction of sp³-hybridized carbons (Fsp3) is 0.571. The van der Waals surface area contributed by atoms with Gasteiger partial charge in [0.1, 0.15) is 0 Å². The smallest absolute Gasteiger partial charge is 0.315 e. The number of carbonyl (C=O) groups excluding carboxylic acids is 1. The van der Waals surface area contributed by atoms with E-state index in [0.29, 0.717) is 31.3 Å². The maximum Gasteiger partial charge on any atom is 0.315 e. The van der Waals surface area contributed by atoms with Gasteiger partial charge in [-0.05, 0) is 12.8 Å². The summed E-state index contributed by atoms with van der Waals surface area (Å²) >= 11 is 1.66. The van der Waals surface area contributed by atoms with E-state index in [4.69, 9.17) is 9.26 Å². The molecule has 8 heteroatoms. The highest BCUT2D eigenvalue weighted by Crippen LogP contribution is 2.38. The van der Waals surface area contributed by atoms with E-state index in [2.05, 4.69) is 20.4 Å². The SMILES string of the molecule is O=C(NCCc1nc2c(s1)COCC2)c1nc(C2CC2)no1. The first-order valence-corrected chi connectivity index (χ1v) is 8.28. The molecular formula is C14H16N4O3S. The summed E-state index contributed by atoms with van der Waals surface area (Å²) in [6.07, 6.45) is 3.75. The number of rotatable bonds is 5. The van der Waals surface area contributed by atoms with Crippen molar-refractivity contribution in [3.8, 4) is 0 Å². The third-order valence-corrected chi connectivity index (χ3v) is 4.87. The van der Waals surface area contributed by atoms with E-state index < -0.39 is 0 Å². The molecule has 0 bridgehead atoms. The van der Waals surface area contributed by atoms with Gasteiger partial charge in [-0.25, -0.2) is 4.98 Å². The number of nitrogens with one attached hydrogen (secondary N) is 1. The third-order valence-electron chi connectivity index (χ3n) is 3.74. The van der Waals surface area contributed by atoms with Crippen molar-refractivity contribution in [2.75, 3.05) is 13.2 Å². The Morgan fingerprint density at radius 1 is 1.36 bits per heavy atom. The number of nitrogens with zero attached hydrogens (tertiary/aromatic N) is 3. The van der Waals surface area contributed by atoms with E-state index >= 15 is 0 Å². The van der Waals surface area contributed by atoms with Gasteiger partial charge in [-0.1, -0.05) is 5.16 Å². The molecule has 1 saturated carbocycles. The van der Waals surface area contributed by atoms with Gasteiger partial charge in [0.05, 0.1) is 28.8 Å². The average Bonchev–Trinajstić information content (AvgIpc) is 3.11. The number of amides is 1. The molecule has 2 aromatic heterocycles. The maximum atomic E-state index is 11.9. The minimum absolute atomic E-state index is 0.0498. The lowest BCUT2D eigenvalue weighted by Gasteiger charge is -2.08. The Bertz CT molecular complexity index is 669. The van der Waals surface area contributed by atoms with Crippen LogP contribution in [0, 0.1) is 0 Å². The summed E-state index contributed by atoms with van der Waals surface area (Å²) in [7, 11) is 0. The molecule has 0 radical (unpaired) electrons. The van der Waals surface area contributed by atoms with Gasteiger partial charge in [-0.3, -0.25) is 4.79 Å². The van der Waals surface area contributed by atoms with Crippen molar-refractivity contribution in [3.63, 3.8) is 0 Å². The molecule has 4 rings (SSSR count). The van der Waals surface area contributed by atoms with Gasteiger partial charge in [0, 0.05) is 25.3 Å². The van der Waals surface area contributed by atoms with Crippen LogP contribution in [0.15, 0.2) is 4.52 Å². The van der Waals surface area contributed by atoms with Crippen LogP contribution >= 0.6 is 11.3 Å². The highest BCUT2D eigenvalue weighted by Gasteiger charge is 2.29. The first-order chi connectivity index (χ1) is 10.8. The lowest BCUT2D eigenvalue weighted by molar-refractivity contribution is 0.0910. The molecule has 1 aliphatic heterocycles. The van der Waals surface area contributed by atoms with Gasteiger partial charge in [-0.15, -0.1) is 11.3 Å². The molecule has 0 unspecified atom stereocenters. The zero-order valence-electron chi connectivity index (χ0n) is 12.0. The second kappa shape index (κ2) is 5.77. The fourth-order valence-corrected chi connectivity index (χ4v) is 3.43. The van der Waals surface area contributed by atoms with Gasteiger partial charge in [-0.2, -0.15) is 4.98 Å². The Labute approximate surface area is 131 Å². The highest BCUT2D eigenvalue weighted by molar-refractivity contribution is 7.11. The minimum Gasteiger partial charge on any atom is -0.375 e. The van der Waals surface area contributed by atoms with E-state index in [1.165, 1.54) is 4.88 Å². The van der Waals surface area contributed by atoms with Crippen molar-refractivity contribution < 1.29 is 14.1 Å². The molecule has 2 aromatic rings. The summed E-state index contributed by atoms with van der Waals surface area (Å²) in [6.45, 7) is 1.91. The van der Waals surface area contributed by atoms with E-state index in [9.17, 15) is 4.79 Å². The zero-order valence-corrected chi connectivity index (χ0v) is 12.8. The number of ether oxygens (including phenoxy) is 1. The predicted molar refractivity (Wildman–Crippen MR) is 77.8 cm³/mol. The Balaban J connectivity index is 1.30. The highest BCUT2D eigenvalue weighted by atomic mass is 32.1. The van der Waals surface area contributed by atoms with Crippen molar-refractivity contribution in [1.29, 1.82) is 0 Å². The van der Waals surface area contributed by atoms with E-state index in [1.807, 2.05) is 0 Å². The van der Waals surface area contributed by atoms with Crippen molar-refractivity contribution in [2.45, 2.75) is 38.2 Å². The number of hydrogen-bond acceptors (Lipinski definition) is 7. The number of hydrogen-bond donors (Lipinski definition) is 1. The monoisotopic (exact) mass is 320 g/mol. The second-order valence-corrected chi connectivity index (χ2v) is 6.69. The molecule has 0 atom stereocenters. The molecule has 1 N–H and O–H groups in total. The van der Waals surface area contributed by atoms with Crippen LogP contribution in [-0.4, -0.2) is 34.2 Å². The summed E-state index contributed by atoms with van der Waals surface area (Å²) in [4.78, 5) is 21.9. The number of carbonyl (C=O) groups is 1. The summed E-state index contributed by atoms with van der Waals surface area (Å²) in [5, 5.41) is 7.67. The molecule has 0 spiro atoms. The van der Waals surface area contributed by atoms with Crippen molar-refractivity contribution in [1.82, 2.24) is 20.4 Å². The topological polar surface area (TPSA) is 90.1 Å². The predicted octanol–water partition coefficient (Wildman–Crippen LogP) is 1.45. The second-order valence-electron chi connectivity index (χ2n) is 5.52. The molecule has 1 aliphatic carbocycles. The molecule has 0 saturated heterocycles. The van der Waals surface area contributed by atoms with Gasteiger partial charge in [0.15, 0.2) is 5.82 Å². The van der Waals surface area contributed by atoms with Crippen LogP contribution in [0.3, 0.4) is 0 Å². The molecule has 22 heavy (non-hydrogen) atoms. The van der Waals surface area contributed by atoms with Gasteiger partial charge >= 0.3 is 11.8 Å². The number of aromatic nitrogens is 3. The number of fused-ring (bicyclic) bond motifs is 1. The van der Waals surface area contributed by atoms with Crippen LogP contribution in [0.5, 0.6) is 0 Å². The number of thiazole rings is 1. The lowest BCUT2D eigenvalue weighted by atomic mass is 10.2. The van der Waals surface area contributed by atoms with E-state index in [0.717, 1.165) is 36.6 Å². The average molecular weight is 320 g/mol. The van der Waals surface area contributed by atoms with Crippen LogP contribution in [0.2, 0.25) is 0 Å². The Morgan fingerprint density at radius 2 is 2.27 bits per heavy atom. The van der Waals surface area contributed by atoms with Gasteiger partial charge < -0.3 is 14.6 Å². The minimum atomic E-state index is -0.316. The Kier molecular flexibility index (Phi) is 3.63. The maximum absolute atomic E-state index is 11.9. The molecular weight excluding hydrogens is 304 g/mol. The fourth-order valence-electron chi connectivity index (χ4n) is 2.38. The molecule has 1 amide bonds. The Morgan fingerprint density at radius 3 is 3.09 bits per heavy atom. The van der Waals surface area contributed by atoms with Crippen LogP contribution in [0.1, 0.15) is 50.8 Å². The summed E-state index contributed by atoms with van der Waals surface area (Å²) < 4.78 is 10.4. The summed E-state index contributed by atoms with van der Waals surface area (Å²) in [5.41, 5.74) is 1.14. The molecule has 1 fully saturated rings. The van der Waals surface area contributed by atoms with Crippen LogP contribution < -0.4 is 5.32 Å². The van der Waals surface area contributed by atoms with Crippen LogP contribution in [-0.2, 0) is 24.2 Å².